The number of hydrogen-bond acceptors (Lipinski definition) is 22. The summed E-state index contributed by atoms with van der Waals surface area (Å²) in [5.41, 5.74) is 12.8. The minimum atomic E-state index is -2.09. The fraction of sp³-hybridized carbons (Fsp3) is 0.473. The number of benzene rings is 5. The normalized spacial score (nSPS) is 23.8. The molecule has 6 aromatic rings. The van der Waals surface area contributed by atoms with E-state index in [0.717, 1.165) is 43.7 Å². The van der Waals surface area contributed by atoms with Crippen LogP contribution in [0.2, 0.25) is 0 Å². The van der Waals surface area contributed by atoms with Crippen LogP contribution in [-0.4, -0.2) is 307 Å². The number of amides is 15. The van der Waals surface area contributed by atoms with Crippen molar-refractivity contribution in [1.82, 2.24) is 77.3 Å². The number of carbonyl (C=O) groups excluding carboxylic acids is 15. The van der Waals surface area contributed by atoms with Gasteiger partial charge < -0.3 is 114 Å². The van der Waals surface area contributed by atoms with Gasteiger partial charge in [0.25, 0.3) is 0 Å². The number of unbranched alkanes of at least 4 members (excludes halogenated alkanes) is 2. The Hall–Kier alpha value is -13.6. The topological polar surface area (TPSA) is 573 Å². The summed E-state index contributed by atoms with van der Waals surface area (Å²) in [6.45, 7) is 2.10. The Balaban J connectivity index is 1.15. The van der Waals surface area contributed by atoms with E-state index in [1.807, 2.05) is 0 Å². The van der Waals surface area contributed by atoms with Crippen LogP contribution in [0.25, 0.3) is 10.9 Å². The lowest BCUT2D eigenvalue weighted by Gasteiger charge is -2.38. The number of H-pyrrole nitrogens is 1. The number of nitrogens with one attached hydrogen (secondary N) is 10. The summed E-state index contributed by atoms with van der Waals surface area (Å²) in [4.78, 5) is 258. The van der Waals surface area contributed by atoms with Gasteiger partial charge in [-0.15, -0.1) is 11.8 Å². The van der Waals surface area contributed by atoms with Crippen molar-refractivity contribution in [2.45, 2.75) is 202 Å². The Morgan fingerprint density at radius 3 is 1.77 bits per heavy atom. The van der Waals surface area contributed by atoms with Gasteiger partial charge in [-0.25, -0.2) is 17.6 Å². The number of likely N-dealkylation sites (N-methyl/N-ethyl adjacent to an activating group) is 3. The number of carboxylic acid groups (broad SMARTS) is 2. The molecule has 3 saturated heterocycles. The predicted octanol–water partition coefficient (Wildman–Crippen LogP) is 0.155. The van der Waals surface area contributed by atoms with Gasteiger partial charge in [-0.05, 0) is 115 Å². The molecule has 0 spiro atoms. The first-order valence-electron chi connectivity index (χ1n) is 44.8. The number of phenolic OH excluding ortho intramolecular Hbond substituents is 1. The van der Waals surface area contributed by atoms with Crippen LogP contribution in [0.4, 0.5) is 17.6 Å². The Labute approximate surface area is 790 Å². The second-order valence-corrected chi connectivity index (χ2v) is 35.3. The molecule has 9 rings (SSSR count). The van der Waals surface area contributed by atoms with E-state index in [-0.39, 0.29) is 69.4 Å². The zero-order chi connectivity index (χ0) is 100. The number of carboxylic acids is 2. The molecule has 15 amide bonds. The number of aromatic amines is 1. The maximum Gasteiger partial charge on any atom is 0.305 e. The second kappa shape index (κ2) is 50.8. The molecule has 44 heteroatoms. The number of aromatic nitrogens is 1. The third kappa shape index (κ3) is 30.2. The molecule has 137 heavy (non-hydrogen) atoms. The Kier molecular flexibility index (Phi) is 39.7. The summed E-state index contributed by atoms with van der Waals surface area (Å²) in [5.74, 6) is -28.2. The summed E-state index contributed by atoms with van der Waals surface area (Å²) >= 11 is 0.608. The van der Waals surface area contributed by atoms with E-state index in [0.29, 0.717) is 57.9 Å². The van der Waals surface area contributed by atoms with Crippen LogP contribution in [0.15, 0.2) is 121 Å². The maximum absolute atomic E-state index is 15.7. The molecule has 0 bridgehead atoms. The number of nitrogens with two attached hydrogens (primary N) is 2. The van der Waals surface area contributed by atoms with Crippen molar-refractivity contribution in [2.75, 3.05) is 72.0 Å². The van der Waals surface area contributed by atoms with E-state index < -0.39 is 303 Å². The number of carbonyl (C=O) groups is 17. The van der Waals surface area contributed by atoms with Crippen molar-refractivity contribution in [3.8, 4) is 5.75 Å². The second-order valence-electron chi connectivity index (χ2n) is 34.3. The van der Waals surface area contributed by atoms with Gasteiger partial charge in [-0.1, -0.05) is 106 Å². The Bertz CT molecular complexity index is 5310. The van der Waals surface area contributed by atoms with E-state index in [9.17, 15) is 62.8 Å². The number of aliphatic carboxylic acids is 2. The summed E-state index contributed by atoms with van der Waals surface area (Å²) in [6.07, 6.45) is -5.17. The predicted molar refractivity (Wildman–Crippen MR) is 488 cm³/mol. The average Bonchev–Trinajstić information content (AvgIpc) is 1.15. The number of hydrogen-bond donors (Lipinski definition) is 16. The van der Waals surface area contributed by atoms with E-state index in [4.69, 9.17) is 16.2 Å². The molecule has 3 aliphatic heterocycles. The summed E-state index contributed by atoms with van der Waals surface area (Å²) in [6, 6.07) is 2.94. The highest BCUT2D eigenvalue weighted by Gasteiger charge is 2.48. The molecule has 1 aromatic heterocycles. The lowest BCUT2D eigenvalue weighted by atomic mass is 9.98. The number of primary amides is 1. The number of fused-ring (bicyclic) bond motifs is 3. The zero-order valence-electron chi connectivity index (χ0n) is 76.4. The third-order valence-corrected chi connectivity index (χ3v) is 24.9. The van der Waals surface area contributed by atoms with Gasteiger partial charge in [-0.3, -0.25) is 81.5 Å². The van der Waals surface area contributed by atoms with Crippen LogP contribution in [0, 0.1) is 29.2 Å². The van der Waals surface area contributed by atoms with Crippen LogP contribution >= 0.6 is 11.8 Å². The van der Waals surface area contributed by atoms with Gasteiger partial charge in [0, 0.05) is 102 Å². The van der Waals surface area contributed by atoms with Crippen molar-refractivity contribution < 1.29 is 124 Å². The number of aliphatic hydroxyl groups is 1. The van der Waals surface area contributed by atoms with Crippen molar-refractivity contribution in [2.24, 2.45) is 17.4 Å². The molecular weight excluding hydrogens is 1820 g/mol. The molecule has 3 aliphatic rings. The first-order chi connectivity index (χ1) is 65.1. The molecule has 0 unspecified atom stereocenters. The number of rotatable bonds is 26. The van der Waals surface area contributed by atoms with Gasteiger partial charge in [0.15, 0.2) is 17.5 Å². The summed E-state index contributed by atoms with van der Waals surface area (Å²) in [7, 11) is 3.43. The zero-order valence-corrected chi connectivity index (χ0v) is 77.2. The van der Waals surface area contributed by atoms with E-state index in [1.165, 1.54) is 64.3 Å². The molecule has 18 N–H and O–H groups in total. The molecule has 14 atom stereocenters. The molecule has 740 valence electrons. The monoisotopic (exact) mass is 1930 g/mol. The largest absolute Gasteiger partial charge is 0.508 e. The van der Waals surface area contributed by atoms with Gasteiger partial charge in [0.1, 0.15) is 90.1 Å². The van der Waals surface area contributed by atoms with Crippen LogP contribution < -0.4 is 59.3 Å². The molecule has 5 aromatic carbocycles. The standard InChI is InChI=1S/C93H117F4N17O22S/c1-7-8-21-70-92(134)114-46-58(116)42-72(114)87(129)107-67(43-78(121)122)85(127)109-80(50(2)3)93(135)111(5)71(39-51-16-10-9-11-17-51)86(128)104-64(30-31-77(119)120)90(132)113-33-34-136-47-74(113)88(130)106-66(41-55-44-100-62-19-13-12-18-59(55)62)84(126)105-65(37-52-24-28-57(115)29-25-52)83(125)103-63(20-14-15-32-98)82(124)108-69(81(123)101-45-75(99)117)48-137-49-76(118)102-68(38-54-35-60(95)79(97)61(96)36-54)89(131)112(6)73(91(133)110(70)4)40-53-22-26-56(94)27-23-53/h9-13,16-19,22-29,35-36,44,50,58,63-74,80,100,115-116H,7-8,14-15,20-21,30-34,37-43,45-49,98H2,1-6H3,(H2,99,117)(H,101,123)(H,102,118)(H,103,125)(H,104,128)(H,105,126)(H,106,130)(H,107,129)(H,108,124)(H,109,127)(H,119,120)(H,121,122)/t58-,63+,64+,65+,66+,67+,68+,69+,70+,71+,72-,73+,74-,80+/m1/s1. The van der Waals surface area contributed by atoms with Gasteiger partial charge in [0.2, 0.25) is 88.6 Å². The number of morpholine rings is 1. The number of nitrogens with zero attached hydrogens (tertiary/aromatic N) is 5. The highest BCUT2D eigenvalue weighted by molar-refractivity contribution is 8.00. The van der Waals surface area contributed by atoms with Crippen LogP contribution in [0.1, 0.15) is 113 Å². The quantitative estimate of drug-likeness (QED) is 0.0195. The van der Waals surface area contributed by atoms with E-state index in [2.05, 4.69) is 52.8 Å². The van der Waals surface area contributed by atoms with Crippen molar-refractivity contribution in [1.29, 1.82) is 0 Å². The van der Waals surface area contributed by atoms with E-state index >= 15 is 56.7 Å². The molecule has 4 heterocycles. The number of thioether (sulfide) groups is 1. The SMILES string of the molecule is CCCC[C@H]1C(=O)N2C[C@H](O)C[C@@H]2C(=O)N[C@@H](CC(=O)O)C(=O)N[C@@H](C(C)C)C(=O)N(C)[C@@H](Cc2ccccc2)C(=O)N[C@@H](CCC(=O)O)C(=O)N2CCOC[C@@H]2C(=O)N[C@@H](Cc2c[nH]c3ccccc23)C(=O)N[C@@H](Cc2ccc(O)cc2)C(=O)N[C@@H](CCCCN)C(=O)N[C@H](C(=O)NCC(N)=O)CSCC(=O)N[C@@H](Cc2cc(F)c(F)c(F)c2)C(=O)N(C)[C@@H](Cc2ccc(F)cc2)C(=O)N1C. The maximum atomic E-state index is 15.7. The average molecular weight is 1930 g/mol. The molecule has 3 fully saturated rings. The van der Waals surface area contributed by atoms with Crippen LogP contribution in [0.5, 0.6) is 5.75 Å². The first-order valence-corrected chi connectivity index (χ1v) is 45.9. The highest BCUT2D eigenvalue weighted by Crippen LogP contribution is 2.28. The fourth-order valence-electron chi connectivity index (χ4n) is 16.3. The molecule has 0 aliphatic carbocycles. The number of aromatic hydroxyl groups is 1. The van der Waals surface area contributed by atoms with Crippen molar-refractivity contribution >= 4 is 123 Å². The lowest BCUT2D eigenvalue weighted by molar-refractivity contribution is -0.152. The third-order valence-electron chi connectivity index (χ3n) is 23.9. The molecule has 0 saturated carbocycles. The number of phenols is 1. The smallest absolute Gasteiger partial charge is 0.305 e. The van der Waals surface area contributed by atoms with Crippen LogP contribution in [0.3, 0.4) is 0 Å². The number of aliphatic hydroxyl groups excluding tert-OH is 1. The Morgan fingerprint density at radius 2 is 1.12 bits per heavy atom. The first kappa shape index (κ1) is 107. The number of halogens is 4. The van der Waals surface area contributed by atoms with E-state index in [1.54, 1.807) is 67.7 Å². The number of ether oxygens (including phenoxy) is 1. The Morgan fingerprint density at radius 1 is 0.547 bits per heavy atom. The van der Waals surface area contributed by atoms with Crippen molar-refractivity contribution in [3.05, 3.63) is 173 Å². The summed E-state index contributed by atoms with van der Waals surface area (Å²) in [5, 5.41) is 65.8. The lowest BCUT2D eigenvalue weighted by Crippen LogP contribution is -2.64. The minimum absolute atomic E-state index is 0.0636. The minimum Gasteiger partial charge on any atom is -0.508 e. The molecular formula is C93H117F4N17O22S. The van der Waals surface area contributed by atoms with Crippen molar-refractivity contribution in [3.63, 3.8) is 0 Å². The van der Waals surface area contributed by atoms with Gasteiger partial charge >= 0.3 is 11.9 Å². The fourth-order valence-corrected chi connectivity index (χ4v) is 17.2. The van der Waals surface area contributed by atoms with Gasteiger partial charge in [0.05, 0.1) is 38.0 Å². The summed E-state index contributed by atoms with van der Waals surface area (Å²) < 4.78 is 65.7. The highest BCUT2D eigenvalue weighted by atomic mass is 32.2. The van der Waals surface area contributed by atoms with Crippen LogP contribution in [-0.2, 0) is 118 Å². The molecule has 0 radical (unpaired) electrons. The molecule has 39 nitrogen and oxygen atoms in total. The number of para-hydroxylation sites is 1. The van der Waals surface area contributed by atoms with Gasteiger partial charge in [-0.2, -0.15) is 0 Å².